The molecule has 0 aromatic heterocycles. The minimum absolute atomic E-state index is 0.162. The van der Waals surface area contributed by atoms with Gasteiger partial charge in [-0.25, -0.2) is 0 Å². The number of ether oxygens (including phenoxy) is 3. The Balaban J connectivity index is 2.08. The molecule has 1 aliphatic rings. The first-order chi connectivity index (χ1) is 8.26. The molecule has 1 aromatic rings. The van der Waals surface area contributed by atoms with Gasteiger partial charge in [-0.05, 0) is 0 Å². The van der Waals surface area contributed by atoms with Crippen LogP contribution in [0.1, 0.15) is 0 Å². The number of benzene rings is 1. The minimum atomic E-state index is -0.378. The van der Waals surface area contributed by atoms with Crippen LogP contribution in [0.2, 0.25) is 4.82 Å². The maximum atomic E-state index is 6.35. The van der Waals surface area contributed by atoms with E-state index >= 15 is 0 Å². The molecule has 0 spiro atoms. The van der Waals surface area contributed by atoms with Gasteiger partial charge in [0.2, 0.25) is 0 Å². The summed E-state index contributed by atoms with van der Waals surface area (Å²) in [5, 5.41) is -0.162. The zero-order valence-corrected chi connectivity index (χ0v) is 12.2. The first kappa shape index (κ1) is 13.3. The maximum absolute atomic E-state index is 6.35. The van der Waals surface area contributed by atoms with Crippen molar-refractivity contribution in [3.05, 3.63) is 30.3 Å². The monoisotopic (exact) mass is 322 g/mol. The van der Waals surface area contributed by atoms with E-state index in [1.807, 2.05) is 18.2 Å². The Kier molecular flexibility index (Phi) is 4.86. The summed E-state index contributed by atoms with van der Waals surface area (Å²) in [6.07, 6.45) is -0.653. The SMILES string of the molecule is CO[C@H]1O[C@@H](OC)[C@H]([Se]c2ccccc2)[C@H]1Cl. The molecule has 1 fully saturated rings. The van der Waals surface area contributed by atoms with Crippen LogP contribution in [-0.4, -0.2) is 47.1 Å². The molecule has 3 nitrogen and oxygen atoms in total. The van der Waals surface area contributed by atoms with Crippen molar-refractivity contribution in [1.82, 2.24) is 0 Å². The zero-order chi connectivity index (χ0) is 12.3. The molecule has 1 saturated heterocycles. The molecule has 0 saturated carbocycles. The van der Waals surface area contributed by atoms with Gasteiger partial charge in [-0.1, -0.05) is 0 Å². The molecule has 1 heterocycles. The molecule has 5 heteroatoms. The van der Waals surface area contributed by atoms with Crippen LogP contribution in [-0.2, 0) is 14.2 Å². The summed E-state index contributed by atoms with van der Waals surface area (Å²) in [6, 6.07) is 10.3. The summed E-state index contributed by atoms with van der Waals surface area (Å²) in [4.78, 5) is 0.168. The van der Waals surface area contributed by atoms with Gasteiger partial charge in [-0.3, -0.25) is 0 Å². The molecule has 0 bridgehead atoms. The molecule has 94 valence electrons. The van der Waals surface area contributed by atoms with Gasteiger partial charge in [-0.2, -0.15) is 0 Å². The Hall–Kier alpha value is -0.0905. The molecule has 2 rings (SSSR count). The van der Waals surface area contributed by atoms with E-state index in [9.17, 15) is 0 Å². The van der Waals surface area contributed by atoms with Gasteiger partial charge in [0.1, 0.15) is 0 Å². The Labute approximate surface area is 113 Å². The van der Waals surface area contributed by atoms with Crippen LogP contribution in [0.4, 0.5) is 0 Å². The van der Waals surface area contributed by atoms with Gasteiger partial charge in [0.05, 0.1) is 0 Å². The number of hydrogen-bond acceptors (Lipinski definition) is 3. The standard InChI is InChI=1S/C12H15ClO3Se/c1-14-11-9(13)10(12(15-2)16-11)17-8-6-4-3-5-7-8/h3-7,9-12H,1-2H3/t9-,10-,11+,12-/m1/s1. The second-order valence-corrected chi connectivity index (χ2v) is 6.81. The molecule has 0 radical (unpaired) electrons. The van der Waals surface area contributed by atoms with E-state index in [0.29, 0.717) is 0 Å². The summed E-state index contributed by atoms with van der Waals surface area (Å²) in [7, 11) is 3.24. The Morgan fingerprint density at radius 1 is 1.12 bits per heavy atom. The molecule has 0 unspecified atom stereocenters. The molecule has 1 aromatic carbocycles. The third-order valence-electron chi connectivity index (χ3n) is 2.59. The predicted octanol–water partition coefficient (Wildman–Crippen LogP) is 1.39. The average Bonchev–Trinajstić information content (AvgIpc) is 2.68. The molecule has 0 N–H and O–H groups in total. The summed E-state index contributed by atoms with van der Waals surface area (Å²) >= 11 is 6.56. The first-order valence-electron chi connectivity index (χ1n) is 5.33. The van der Waals surface area contributed by atoms with Gasteiger partial charge in [-0.15, -0.1) is 0 Å². The zero-order valence-electron chi connectivity index (χ0n) is 9.71. The van der Waals surface area contributed by atoms with Crippen molar-refractivity contribution in [3.8, 4) is 0 Å². The first-order valence-corrected chi connectivity index (χ1v) is 7.61. The number of rotatable bonds is 4. The number of alkyl halides is 1. The predicted molar refractivity (Wildman–Crippen MR) is 67.9 cm³/mol. The van der Waals surface area contributed by atoms with Gasteiger partial charge >= 0.3 is 113 Å². The van der Waals surface area contributed by atoms with Crippen molar-refractivity contribution in [1.29, 1.82) is 0 Å². The molecule has 1 aliphatic heterocycles. The van der Waals surface area contributed by atoms with Gasteiger partial charge in [0.15, 0.2) is 0 Å². The number of halogens is 1. The molecule has 4 atom stereocenters. The quantitative estimate of drug-likeness (QED) is 0.619. The van der Waals surface area contributed by atoms with E-state index < -0.39 is 0 Å². The third-order valence-corrected chi connectivity index (χ3v) is 6.20. The van der Waals surface area contributed by atoms with Crippen molar-refractivity contribution in [2.75, 3.05) is 14.2 Å². The summed E-state index contributed by atoms with van der Waals surface area (Å²) < 4.78 is 17.4. The van der Waals surface area contributed by atoms with E-state index in [2.05, 4.69) is 12.1 Å². The summed E-state index contributed by atoms with van der Waals surface area (Å²) in [6.45, 7) is 0. The van der Waals surface area contributed by atoms with Gasteiger partial charge in [0.25, 0.3) is 0 Å². The van der Waals surface area contributed by atoms with E-state index in [4.69, 9.17) is 25.8 Å². The number of hydrogen-bond donors (Lipinski definition) is 0. The molecule has 0 aliphatic carbocycles. The fourth-order valence-electron chi connectivity index (χ4n) is 1.74. The van der Waals surface area contributed by atoms with Crippen LogP contribution < -0.4 is 4.46 Å². The second-order valence-electron chi connectivity index (χ2n) is 3.68. The van der Waals surface area contributed by atoms with Crippen molar-refractivity contribution < 1.29 is 14.2 Å². The topological polar surface area (TPSA) is 27.7 Å². The Bertz CT molecular complexity index is 347. The van der Waals surface area contributed by atoms with Crippen molar-refractivity contribution in [2.24, 2.45) is 0 Å². The van der Waals surface area contributed by atoms with Crippen molar-refractivity contribution in [3.63, 3.8) is 0 Å². The van der Waals surface area contributed by atoms with E-state index in [1.54, 1.807) is 14.2 Å². The van der Waals surface area contributed by atoms with Crippen LogP contribution in [0.3, 0.4) is 0 Å². The van der Waals surface area contributed by atoms with Crippen LogP contribution in [0.5, 0.6) is 0 Å². The summed E-state index contributed by atoms with van der Waals surface area (Å²) in [5.74, 6) is 0. The van der Waals surface area contributed by atoms with Crippen LogP contribution in [0.25, 0.3) is 0 Å². The summed E-state index contributed by atoms with van der Waals surface area (Å²) in [5.41, 5.74) is 0. The third kappa shape index (κ3) is 3.02. The van der Waals surface area contributed by atoms with Crippen LogP contribution in [0, 0.1) is 0 Å². The fourth-order valence-corrected chi connectivity index (χ4v) is 4.75. The normalized spacial score (nSPS) is 32.9. The van der Waals surface area contributed by atoms with Crippen LogP contribution in [0.15, 0.2) is 30.3 Å². The van der Waals surface area contributed by atoms with E-state index in [1.165, 1.54) is 4.46 Å². The van der Waals surface area contributed by atoms with Crippen molar-refractivity contribution in [2.45, 2.75) is 22.8 Å². The molecular weight excluding hydrogens is 307 g/mol. The number of methoxy groups -OCH3 is 2. The Morgan fingerprint density at radius 3 is 2.35 bits per heavy atom. The molecule has 17 heavy (non-hydrogen) atoms. The second kappa shape index (κ2) is 6.19. The van der Waals surface area contributed by atoms with Gasteiger partial charge in [0, 0.05) is 0 Å². The molecular formula is C12H15ClO3Se. The Morgan fingerprint density at radius 2 is 1.76 bits per heavy atom. The van der Waals surface area contributed by atoms with Crippen LogP contribution >= 0.6 is 11.6 Å². The van der Waals surface area contributed by atoms with Gasteiger partial charge < -0.3 is 0 Å². The average molecular weight is 322 g/mol. The van der Waals surface area contributed by atoms with Crippen molar-refractivity contribution >= 4 is 31.0 Å². The molecule has 0 amide bonds. The van der Waals surface area contributed by atoms with E-state index in [0.717, 1.165) is 0 Å². The fraction of sp³-hybridized carbons (Fsp3) is 0.500. The van der Waals surface area contributed by atoms with E-state index in [-0.39, 0.29) is 37.7 Å².